The fourth-order valence-corrected chi connectivity index (χ4v) is 3.23. The summed E-state index contributed by atoms with van der Waals surface area (Å²) in [6.07, 6.45) is 2.26. The van der Waals surface area contributed by atoms with Gasteiger partial charge in [0.2, 0.25) is 0 Å². The van der Waals surface area contributed by atoms with Crippen LogP contribution in [0.3, 0.4) is 0 Å². The summed E-state index contributed by atoms with van der Waals surface area (Å²) in [6.45, 7) is 2.61. The monoisotopic (exact) mass is 364 g/mol. The zero-order valence-electron chi connectivity index (χ0n) is 14.2. The summed E-state index contributed by atoms with van der Waals surface area (Å²) in [4.78, 5) is 23.0. The minimum atomic E-state index is -0.123. The maximum Gasteiger partial charge on any atom is 0.277 e. The molecule has 0 spiro atoms. The van der Waals surface area contributed by atoms with Crippen molar-refractivity contribution in [2.75, 3.05) is 16.8 Å². The molecule has 0 atom stereocenters. The van der Waals surface area contributed by atoms with E-state index in [1.54, 1.807) is 11.0 Å². The van der Waals surface area contributed by atoms with Crippen molar-refractivity contribution in [2.45, 2.75) is 13.3 Å². The van der Waals surface area contributed by atoms with Gasteiger partial charge in [0.1, 0.15) is 17.8 Å². The van der Waals surface area contributed by atoms with Gasteiger partial charge in [-0.05, 0) is 42.7 Å². The summed E-state index contributed by atoms with van der Waals surface area (Å²) >= 11 is 6.16. The topological polar surface area (TPSA) is 58.1 Å². The lowest BCUT2D eigenvalue weighted by Crippen LogP contribution is -2.29. The van der Waals surface area contributed by atoms with Gasteiger partial charge in [0.25, 0.3) is 5.91 Å². The number of para-hydroxylation sites is 1. The van der Waals surface area contributed by atoms with Crippen molar-refractivity contribution in [3.8, 4) is 0 Å². The van der Waals surface area contributed by atoms with Crippen molar-refractivity contribution in [2.24, 2.45) is 0 Å². The van der Waals surface area contributed by atoms with E-state index >= 15 is 0 Å². The predicted molar refractivity (Wildman–Crippen MR) is 103 cm³/mol. The minimum Gasteiger partial charge on any atom is -0.340 e. The highest BCUT2D eigenvalue weighted by Crippen LogP contribution is 2.29. The highest BCUT2D eigenvalue weighted by molar-refractivity contribution is 6.31. The van der Waals surface area contributed by atoms with Crippen LogP contribution in [-0.2, 0) is 6.42 Å². The Bertz CT molecular complexity index is 989. The first-order valence-electron chi connectivity index (χ1n) is 8.37. The summed E-state index contributed by atoms with van der Waals surface area (Å²) in [5.74, 6) is 0.429. The van der Waals surface area contributed by atoms with Gasteiger partial charge in [0.15, 0.2) is 0 Å². The zero-order chi connectivity index (χ0) is 18.1. The second-order valence-electron chi connectivity index (χ2n) is 6.21. The Labute approximate surface area is 156 Å². The van der Waals surface area contributed by atoms with Crippen LogP contribution in [0.2, 0.25) is 5.02 Å². The number of rotatable bonds is 3. The van der Waals surface area contributed by atoms with Gasteiger partial charge in [0.05, 0.1) is 0 Å². The molecule has 2 aromatic carbocycles. The molecule has 1 aliphatic rings. The molecular weight excluding hydrogens is 348 g/mol. The van der Waals surface area contributed by atoms with Crippen molar-refractivity contribution in [1.29, 1.82) is 0 Å². The number of hydrogen-bond acceptors (Lipinski definition) is 4. The molecule has 0 bridgehead atoms. The lowest BCUT2D eigenvalue weighted by atomic mass is 10.2. The summed E-state index contributed by atoms with van der Waals surface area (Å²) in [7, 11) is 0. The van der Waals surface area contributed by atoms with Crippen molar-refractivity contribution in [1.82, 2.24) is 9.97 Å². The number of carbonyl (C=O) groups excluding carboxylic acids is 1. The van der Waals surface area contributed by atoms with E-state index in [0.717, 1.165) is 23.4 Å². The second-order valence-corrected chi connectivity index (χ2v) is 6.62. The highest BCUT2D eigenvalue weighted by Gasteiger charge is 2.26. The lowest BCUT2D eigenvalue weighted by Gasteiger charge is -2.17. The number of carbonyl (C=O) groups is 1. The van der Waals surface area contributed by atoms with E-state index in [1.165, 1.54) is 11.9 Å². The van der Waals surface area contributed by atoms with E-state index < -0.39 is 0 Å². The Morgan fingerprint density at radius 1 is 1.15 bits per heavy atom. The van der Waals surface area contributed by atoms with Gasteiger partial charge < -0.3 is 10.2 Å². The third-order valence-electron chi connectivity index (χ3n) is 4.46. The number of halogens is 1. The van der Waals surface area contributed by atoms with E-state index in [4.69, 9.17) is 11.6 Å². The Morgan fingerprint density at radius 2 is 2.00 bits per heavy atom. The Kier molecular flexibility index (Phi) is 4.31. The van der Waals surface area contributed by atoms with Gasteiger partial charge in [-0.2, -0.15) is 0 Å². The number of amides is 1. The third kappa shape index (κ3) is 3.13. The first-order valence-corrected chi connectivity index (χ1v) is 8.74. The number of hydrogen-bond donors (Lipinski definition) is 1. The maximum atomic E-state index is 12.9. The van der Waals surface area contributed by atoms with Gasteiger partial charge in [0, 0.05) is 29.0 Å². The molecule has 130 valence electrons. The number of aryl methyl sites for hydroxylation is 1. The molecule has 0 fully saturated rings. The molecule has 1 amide bonds. The highest BCUT2D eigenvalue weighted by atomic mass is 35.5. The molecule has 5 nitrogen and oxygen atoms in total. The SMILES string of the molecule is Cc1ccc(Nc2cc(C(=O)N3CCc4ccccc43)ncn2)cc1Cl. The smallest absolute Gasteiger partial charge is 0.277 e. The molecule has 1 N–H and O–H groups in total. The number of anilines is 3. The normalized spacial score (nSPS) is 12.8. The molecule has 26 heavy (non-hydrogen) atoms. The van der Waals surface area contributed by atoms with E-state index in [1.807, 2.05) is 43.3 Å². The average molecular weight is 365 g/mol. The van der Waals surface area contributed by atoms with Crippen LogP contribution in [0.5, 0.6) is 0 Å². The third-order valence-corrected chi connectivity index (χ3v) is 4.87. The minimum absolute atomic E-state index is 0.123. The lowest BCUT2D eigenvalue weighted by molar-refractivity contribution is 0.0984. The Hall–Kier alpha value is -2.92. The second kappa shape index (κ2) is 6.77. The predicted octanol–water partition coefficient (Wildman–Crippen LogP) is 4.38. The molecule has 0 radical (unpaired) electrons. The number of aromatic nitrogens is 2. The molecule has 4 rings (SSSR count). The molecule has 2 heterocycles. The first kappa shape index (κ1) is 16.5. The molecule has 0 saturated carbocycles. The molecular formula is C20H17ClN4O. The summed E-state index contributed by atoms with van der Waals surface area (Å²) < 4.78 is 0. The zero-order valence-corrected chi connectivity index (χ0v) is 15.0. The number of fused-ring (bicyclic) bond motifs is 1. The Morgan fingerprint density at radius 3 is 2.85 bits per heavy atom. The van der Waals surface area contributed by atoms with Crippen LogP contribution in [-0.4, -0.2) is 22.4 Å². The fourth-order valence-electron chi connectivity index (χ4n) is 3.05. The number of nitrogens with zero attached hydrogens (tertiary/aromatic N) is 3. The summed E-state index contributed by atoms with van der Waals surface area (Å²) in [5, 5.41) is 3.85. The molecule has 3 aromatic rings. The average Bonchev–Trinajstić information content (AvgIpc) is 3.08. The molecule has 1 aliphatic heterocycles. The van der Waals surface area contributed by atoms with Crippen LogP contribution in [0.4, 0.5) is 17.2 Å². The summed E-state index contributed by atoms with van der Waals surface area (Å²) in [6, 6.07) is 15.3. The van der Waals surface area contributed by atoms with Gasteiger partial charge in [-0.1, -0.05) is 35.9 Å². The van der Waals surface area contributed by atoms with Crippen molar-refractivity contribution in [3.05, 3.63) is 76.7 Å². The van der Waals surface area contributed by atoms with Crippen LogP contribution in [0.1, 0.15) is 21.6 Å². The van der Waals surface area contributed by atoms with Crippen LogP contribution in [0, 0.1) is 6.92 Å². The molecule has 0 unspecified atom stereocenters. The Balaban J connectivity index is 1.58. The molecule has 0 aliphatic carbocycles. The van der Waals surface area contributed by atoms with E-state index in [-0.39, 0.29) is 5.91 Å². The van der Waals surface area contributed by atoms with Gasteiger partial charge in [-0.15, -0.1) is 0 Å². The van der Waals surface area contributed by atoms with Crippen LogP contribution < -0.4 is 10.2 Å². The van der Waals surface area contributed by atoms with Gasteiger partial charge in [-0.25, -0.2) is 9.97 Å². The first-order chi connectivity index (χ1) is 12.6. The molecule has 1 aromatic heterocycles. The van der Waals surface area contributed by atoms with Crippen molar-refractivity contribution >= 4 is 34.7 Å². The van der Waals surface area contributed by atoms with E-state index in [2.05, 4.69) is 21.4 Å². The van der Waals surface area contributed by atoms with Crippen LogP contribution in [0.15, 0.2) is 54.9 Å². The summed E-state index contributed by atoms with van der Waals surface area (Å²) in [5.41, 5.74) is 4.31. The van der Waals surface area contributed by atoms with Crippen LogP contribution >= 0.6 is 11.6 Å². The standard InChI is InChI=1S/C20H17ClN4O/c1-13-6-7-15(10-16(13)21)24-19-11-17(22-12-23-19)20(26)25-9-8-14-4-2-3-5-18(14)25/h2-7,10-12H,8-9H2,1H3,(H,22,23,24). The number of nitrogens with one attached hydrogen (secondary N) is 1. The van der Waals surface area contributed by atoms with E-state index in [9.17, 15) is 4.79 Å². The van der Waals surface area contributed by atoms with Gasteiger partial charge >= 0.3 is 0 Å². The molecule has 0 saturated heterocycles. The van der Waals surface area contributed by atoms with Gasteiger partial charge in [-0.3, -0.25) is 4.79 Å². The van der Waals surface area contributed by atoms with Crippen molar-refractivity contribution in [3.63, 3.8) is 0 Å². The van der Waals surface area contributed by atoms with Crippen LogP contribution in [0.25, 0.3) is 0 Å². The van der Waals surface area contributed by atoms with E-state index in [0.29, 0.717) is 23.1 Å². The fraction of sp³-hybridized carbons (Fsp3) is 0.150. The van der Waals surface area contributed by atoms with Crippen molar-refractivity contribution < 1.29 is 4.79 Å². The number of benzene rings is 2. The maximum absolute atomic E-state index is 12.9. The largest absolute Gasteiger partial charge is 0.340 e. The molecule has 6 heteroatoms. The quantitative estimate of drug-likeness (QED) is 0.749.